The maximum atomic E-state index is 14.6. The average Bonchev–Trinajstić information content (AvgIpc) is 3.49. The lowest BCUT2D eigenvalue weighted by Gasteiger charge is -2.17. The fraction of sp³-hybridized carbons (Fsp3) is 0. The van der Waals surface area contributed by atoms with Gasteiger partial charge in [0, 0.05) is 38.2 Å². The van der Waals surface area contributed by atoms with Crippen LogP contribution in [0.4, 0.5) is 0 Å². The number of nitrogens with zero attached hydrogens (tertiary/aromatic N) is 2. The Hall–Kier alpha value is -6.72. The maximum Gasteiger partial charge on any atom is 0.197 e. The van der Waals surface area contributed by atoms with Crippen molar-refractivity contribution in [2.75, 3.05) is 0 Å². The Morgan fingerprint density at radius 3 is 1.73 bits per heavy atom. The first kappa shape index (κ1) is 27.4. The summed E-state index contributed by atoms with van der Waals surface area (Å²) in [5.41, 5.74) is 6.89. The van der Waals surface area contributed by atoms with E-state index in [4.69, 9.17) is 4.74 Å². The molecule has 0 atom stereocenters. The van der Waals surface area contributed by atoms with E-state index in [9.17, 15) is 9.59 Å². The normalized spacial score (nSPS) is 11.8. The minimum absolute atomic E-state index is 0.115. The van der Waals surface area contributed by atoms with Gasteiger partial charge in [-0.25, -0.2) is 0 Å². The number of rotatable bonds is 4. The molecule has 0 N–H and O–H groups in total. The first-order valence-corrected chi connectivity index (χ1v) is 16.3. The van der Waals surface area contributed by atoms with Crippen LogP contribution in [-0.4, -0.2) is 8.97 Å². The van der Waals surface area contributed by atoms with E-state index < -0.39 is 0 Å². The van der Waals surface area contributed by atoms with Gasteiger partial charge in [-0.2, -0.15) is 0 Å². The number of pyridine rings is 2. The standard InChI is InChI=1S/C44H26N2O3/c47-43-32-21-11-22-33-41(32)46(42-34(43)23-12-24-39(42)49-29-17-8-3-9-18-29)38-25-35-31-20-10-19-30(27-13-4-1-5-14-27)40(31)45(28-15-6-2-7-16-28)37(35)26-36(38)44(33)48/h1-26H. The van der Waals surface area contributed by atoms with Crippen LogP contribution in [-0.2, 0) is 0 Å². The van der Waals surface area contributed by atoms with Crippen LogP contribution in [0.3, 0.4) is 0 Å². The molecule has 5 heteroatoms. The number of hydrogen-bond acceptors (Lipinski definition) is 3. The Morgan fingerprint density at radius 1 is 0.429 bits per heavy atom. The van der Waals surface area contributed by atoms with Crippen molar-refractivity contribution in [1.82, 2.24) is 8.97 Å². The van der Waals surface area contributed by atoms with E-state index in [-0.39, 0.29) is 10.9 Å². The highest BCUT2D eigenvalue weighted by atomic mass is 16.5. The molecule has 3 aromatic heterocycles. The molecular formula is C44H26N2O3. The highest BCUT2D eigenvalue weighted by molar-refractivity contribution is 6.18. The highest BCUT2D eigenvalue weighted by Gasteiger charge is 2.23. The SMILES string of the molecule is O=c1c2cc3c(cc2n2c4c(Oc5ccccc5)cccc4c(=O)c4cccc1c42)c1cccc(-c2ccccc2)c1n3-c1ccccc1. The number of hydrogen-bond donors (Lipinski definition) is 0. The molecule has 0 spiro atoms. The van der Waals surface area contributed by atoms with Crippen molar-refractivity contribution in [3.05, 3.63) is 178 Å². The van der Waals surface area contributed by atoms with Crippen LogP contribution in [0.5, 0.6) is 11.5 Å². The van der Waals surface area contributed by atoms with Gasteiger partial charge >= 0.3 is 0 Å². The van der Waals surface area contributed by atoms with Gasteiger partial charge in [-0.3, -0.25) is 9.59 Å². The summed E-state index contributed by atoms with van der Waals surface area (Å²) >= 11 is 0. The Bertz CT molecular complexity index is 3040. The molecule has 10 aromatic rings. The summed E-state index contributed by atoms with van der Waals surface area (Å²) in [5.74, 6) is 1.20. The first-order valence-electron chi connectivity index (χ1n) is 16.3. The maximum absolute atomic E-state index is 14.6. The van der Waals surface area contributed by atoms with Gasteiger partial charge in [0.05, 0.1) is 27.5 Å². The van der Waals surface area contributed by atoms with Crippen molar-refractivity contribution in [2.45, 2.75) is 0 Å². The number of para-hydroxylation sites is 5. The summed E-state index contributed by atoms with van der Waals surface area (Å²) in [6.45, 7) is 0. The van der Waals surface area contributed by atoms with Gasteiger partial charge in [-0.1, -0.05) is 97.1 Å². The lowest BCUT2D eigenvalue weighted by atomic mass is 10.0. The number of benzene rings is 7. The molecule has 0 aliphatic rings. The smallest absolute Gasteiger partial charge is 0.197 e. The Kier molecular flexibility index (Phi) is 5.81. The third kappa shape index (κ3) is 3.93. The summed E-state index contributed by atoms with van der Waals surface area (Å²) in [6, 6.07) is 51.8. The zero-order valence-corrected chi connectivity index (χ0v) is 26.1. The average molecular weight is 631 g/mol. The van der Waals surface area contributed by atoms with Crippen molar-refractivity contribution in [2.24, 2.45) is 0 Å². The number of aromatic nitrogens is 2. The molecule has 0 unspecified atom stereocenters. The van der Waals surface area contributed by atoms with Gasteiger partial charge in [0.15, 0.2) is 16.6 Å². The molecule has 49 heavy (non-hydrogen) atoms. The van der Waals surface area contributed by atoms with E-state index in [1.54, 1.807) is 6.07 Å². The van der Waals surface area contributed by atoms with E-state index in [1.807, 2.05) is 91.0 Å². The fourth-order valence-corrected chi connectivity index (χ4v) is 7.59. The Morgan fingerprint density at radius 2 is 1.00 bits per heavy atom. The fourth-order valence-electron chi connectivity index (χ4n) is 7.59. The van der Waals surface area contributed by atoms with Gasteiger partial charge in [-0.15, -0.1) is 0 Å². The monoisotopic (exact) mass is 630 g/mol. The minimum Gasteiger partial charge on any atom is -0.455 e. The molecule has 0 radical (unpaired) electrons. The number of ether oxygens (including phenoxy) is 1. The number of fused-ring (bicyclic) bond motifs is 7. The van der Waals surface area contributed by atoms with E-state index in [1.165, 1.54) is 0 Å². The molecule has 3 heterocycles. The second-order valence-electron chi connectivity index (χ2n) is 12.4. The van der Waals surface area contributed by atoms with Crippen LogP contribution < -0.4 is 15.6 Å². The van der Waals surface area contributed by atoms with Gasteiger partial charge in [0.1, 0.15) is 11.3 Å². The second kappa shape index (κ2) is 10.4. The summed E-state index contributed by atoms with van der Waals surface area (Å²) in [7, 11) is 0. The van der Waals surface area contributed by atoms with Crippen LogP contribution >= 0.6 is 0 Å². The third-order valence-corrected chi connectivity index (χ3v) is 9.68. The quantitative estimate of drug-likeness (QED) is 0.144. The second-order valence-corrected chi connectivity index (χ2v) is 12.4. The molecule has 5 nitrogen and oxygen atoms in total. The lowest BCUT2D eigenvalue weighted by molar-refractivity contribution is 0.487. The lowest BCUT2D eigenvalue weighted by Crippen LogP contribution is -2.14. The summed E-state index contributed by atoms with van der Waals surface area (Å²) in [4.78, 5) is 28.6. The molecule has 0 saturated carbocycles. The Labute approximate surface area is 279 Å². The zero-order chi connectivity index (χ0) is 32.6. The molecule has 7 aromatic carbocycles. The Balaban J connectivity index is 1.44. The van der Waals surface area contributed by atoms with Crippen LogP contribution in [0.2, 0.25) is 0 Å². The van der Waals surface area contributed by atoms with Gasteiger partial charge in [0.2, 0.25) is 0 Å². The van der Waals surface area contributed by atoms with Crippen LogP contribution in [0.15, 0.2) is 167 Å². The highest BCUT2D eigenvalue weighted by Crippen LogP contribution is 2.41. The summed E-state index contributed by atoms with van der Waals surface area (Å²) in [6.07, 6.45) is 0. The molecule has 0 saturated heterocycles. The zero-order valence-electron chi connectivity index (χ0n) is 26.1. The van der Waals surface area contributed by atoms with E-state index in [0.29, 0.717) is 49.6 Å². The molecule has 230 valence electrons. The molecular weight excluding hydrogens is 604 g/mol. The van der Waals surface area contributed by atoms with Gasteiger partial charge in [-0.05, 0) is 66.2 Å². The molecule has 0 aliphatic heterocycles. The van der Waals surface area contributed by atoms with Crippen LogP contribution in [0, 0.1) is 0 Å². The van der Waals surface area contributed by atoms with E-state index in [2.05, 4.69) is 69.6 Å². The van der Waals surface area contributed by atoms with Crippen molar-refractivity contribution >= 4 is 59.9 Å². The molecule has 0 bridgehead atoms. The first-order chi connectivity index (χ1) is 24.2. The van der Waals surface area contributed by atoms with Gasteiger partial charge in [0.25, 0.3) is 0 Å². The molecule has 0 amide bonds. The van der Waals surface area contributed by atoms with Crippen molar-refractivity contribution < 1.29 is 4.74 Å². The summed E-state index contributed by atoms with van der Waals surface area (Å²) in [5, 5.41) is 4.15. The predicted octanol–water partition coefficient (Wildman–Crippen LogP) is 10.1. The van der Waals surface area contributed by atoms with Crippen LogP contribution in [0.25, 0.3) is 76.7 Å². The third-order valence-electron chi connectivity index (χ3n) is 9.68. The van der Waals surface area contributed by atoms with Crippen molar-refractivity contribution in [3.63, 3.8) is 0 Å². The van der Waals surface area contributed by atoms with Gasteiger partial charge < -0.3 is 13.7 Å². The minimum atomic E-state index is -0.132. The molecule has 0 aliphatic carbocycles. The van der Waals surface area contributed by atoms with E-state index in [0.717, 1.165) is 38.6 Å². The van der Waals surface area contributed by atoms with Crippen molar-refractivity contribution in [3.8, 4) is 28.3 Å². The molecule has 0 fully saturated rings. The topological polar surface area (TPSA) is 52.7 Å². The predicted molar refractivity (Wildman–Crippen MR) is 200 cm³/mol. The summed E-state index contributed by atoms with van der Waals surface area (Å²) < 4.78 is 10.8. The van der Waals surface area contributed by atoms with Crippen molar-refractivity contribution in [1.29, 1.82) is 0 Å². The molecule has 10 rings (SSSR count). The van der Waals surface area contributed by atoms with E-state index >= 15 is 0 Å². The van der Waals surface area contributed by atoms with Crippen LogP contribution in [0.1, 0.15) is 0 Å². The largest absolute Gasteiger partial charge is 0.455 e.